The van der Waals surface area contributed by atoms with E-state index in [0.29, 0.717) is 13.1 Å². The van der Waals surface area contributed by atoms with Crippen molar-refractivity contribution in [2.45, 2.75) is 58.3 Å². The van der Waals surface area contributed by atoms with Crippen molar-refractivity contribution in [3.8, 4) is 0 Å². The van der Waals surface area contributed by atoms with Crippen LogP contribution in [0, 0.1) is 0 Å². The van der Waals surface area contributed by atoms with E-state index in [-0.39, 0.29) is 30.7 Å². The second-order valence-corrected chi connectivity index (χ2v) is 6.90. The van der Waals surface area contributed by atoms with Crippen LogP contribution in [0.15, 0.2) is 30.3 Å². The molecular weight excluding hydrogens is 318 g/mol. The van der Waals surface area contributed by atoms with Gasteiger partial charge in [0.25, 0.3) is 0 Å². The summed E-state index contributed by atoms with van der Waals surface area (Å²) in [6.07, 6.45) is 1.47. The Balaban J connectivity index is 1.96. The molecule has 1 saturated heterocycles. The number of amides is 2. The Morgan fingerprint density at radius 3 is 2.56 bits per heavy atom. The maximum Gasteiger partial charge on any atom is 0.410 e. The predicted molar refractivity (Wildman–Crippen MR) is 96.9 cm³/mol. The van der Waals surface area contributed by atoms with Gasteiger partial charge in [-0.15, -0.1) is 0 Å². The molecule has 1 aliphatic rings. The molecule has 0 spiro atoms. The Labute approximate surface area is 149 Å². The molecule has 0 radical (unpaired) electrons. The van der Waals surface area contributed by atoms with Gasteiger partial charge in [0.1, 0.15) is 6.61 Å². The molecule has 6 nitrogen and oxygen atoms in total. The molecule has 2 atom stereocenters. The number of benzene rings is 1. The molecule has 6 heteroatoms. The molecule has 1 heterocycles. The normalized spacial score (nSPS) is 18.3. The monoisotopic (exact) mass is 347 g/mol. The van der Waals surface area contributed by atoms with Gasteiger partial charge in [-0.25, -0.2) is 4.79 Å². The van der Waals surface area contributed by atoms with E-state index in [1.165, 1.54) is 0 Å². The van der Waals surface area contributed by atoms with E-state index in [1.54, 1.807) is 16.7 Å². The molecule has 1 aromatic rings. The topological polar surface area (TPSA) is 75.9 Å². The van der Waals surface area contributed by atoms with Crippen LogP contribution in [0.1, 0.15) is 39.2 Å². The Morgan fingerprint density at radius 2 is 1.96 bits per heavy atom. The number of carbonyl (C=O) groups excluding carboxylic acids is 2. The third-order valence-electron chi connectivity index (χ3n) is 4.52. The van der Waals surface area contributed by atoms with Crippen LogP contribution in [-0.2, 0) is 16.1 Å². The van der Waals surface area contributed by atoms with Crippen LogP contribution in [0.25, 0.3) is 0 Å². The van der Waals surface area contributed by atoms with Crippen molar-refractivity contribution in [1.29, 1.82) is 0 Å². The highest BCUT2D eigenvalue weighted by molar-refractivity contribution is 5.81. The maximum absolute atomic E-state index is 12.5. The first kappa shape index (κ1) is 19.2. The number of rotatable bonds is 6. The second kappa shape index (κ2) is 8.85. The fraction of sp³-hybridized carbons (Fsp3) is 0.579. The lowest BCUT2D eigenvalue weighted by molar-refractivity contribution is -0.134. The molecule has 2 amide bonds. The highest BCUT2D eigenvalue weighted by Gasteiger charge is 2.33. The van der Waals surface area contributed by atoms with E-state index in [0.717, 1.165) is 18.4 Å². The number of nitrogens with zero attached hydrogens (tertiary/aromatic N) is 2. The van der Waals surface area contributed by atoms with Crippen molar-refractivity contribution in [1.82, 2.24) is 9.80 Å². The molecule has 2 rings (SSSR count). The number of hydrogen-bond acceptors (Lipinski definition) is 4. The number of carbonyl (C=O) groups is 2. The van der Waals surface area contributed by atoms with Crippen LogP contribution in [0.4, 0.5) is 4.79 Å². The van der Waals surface area contributed by atoms with Gasteiger partial charge in [-0.05, 0) is 39.2 Å². The first-order valence-electron chi connectivity index (χ1n) is 8.93. The predicted octanol–water partition coefficient (Wildman–Crippen LogP) is 2.37. The molecule has 2 N–H and O–H groups in total. The lowest BCUT2D eigenvalue weighted by Gasteiger charge is -2.34. The lowest BCUT2D eigenvalue weighted by Crippen LogP contribution is -2.51. The van der Waals surface area contributed by atoms with Crippen LogP contribution in [0.3, 0.4) is 0 Å². The van der Waals surface area contributed by atoms with E-state index in [1.807, 2.05) is 44.2 Å². The first-order valence-corrected chi connectivity index (χ1v) is 8.93. The van der Waals surface area contributed by atoms with Gasteiger partial charge >= 0.3 is 6.09 Å². The van der Waals surface area contributed by atoms with Gasteiger partial charge in [-0.3, -0.25) is 4.79 Å². The average Bonchev–Trinajstić information content (AvgIpc) is 3.06. The zero-order valence-corrected chi connectivity index (χ0v) is 15.4. The maximum atomic E-state index is 12.5. The van der Waals surface area contributed by atoms with Crippen LogP contribution >= 0.6 is 0 Å². The standard InChI is InChI=1S/C19H29N3O3/c1-14(2)22(18(23)15(3)20)12-17-10-7-11-21(17)19(24)25-13-16-8-5-4-6-9-16/h4-6,8-9,14-15,17H,7,10-13,20H2,1-3H3/t15-,17+/m0/s1. The van der Waals surface area contributed by atoms with Crippen molar-refractivity contribution >= 4 is 12.0 Å². The summed E-state index contributed by atoms with van der Waals surface area (Å²) in [6, 6.07) is 9.10. The second-order valence-electron chi connectivity index (χ2n) is 6.90. The van der Waals surface area contributed by atoms with Gasteiger partial charge in [0.05, 0.1) is 12.1 Å². The van der Waals surface area contributed by atoms with Gasteiger partial charge in [-0.2, -0.15) is 0 Å². The van der Waals surface area contributed by atoms with E-state index < -0.39 is 6.04 Å². The number of hydrogen-bond donors (Lipinski definition) is 1. The zero-order valence-electron chi connectivity index (χ0n) is 15.4. The average molecular weight is 347 g/mol. The van der Waals surface area contributed by atoms with E-state index in [2.05, 4.69) is 0 Å². The highest BCUT2D eigenvalue weighted by Crippen LogP contribution is 2.21. The number of nitrogens with two attached hydrogens (primary N) is 1. The van der Waals surface area contributed by atoms with Gasteiger partial charge < -0.3 is 20.3 Å². The van der Waals surface area contributed by atoms with Gasteiger partial charge in [0.2, 0.25) is 5.91 Å². The molecule has 0 unspecified atom stereocenters. The minimum absolute atomic E-state index is 0.0200. The molecule has 1 aromatic carbocycles. The first-order chi connectivity index (χ1) is 11.9. The van der Waals surface area contributed by atoms with E-state index in [9.17, 15) is 9.59 Å². The molecule has 1 fully saturated rings. The molecule has 1 aliphatic heterocycles. The lowest BCUT2D eigenvalue weighted by atomic mass is 10.1. The van der Waals surface area contributed by atoms with Crippen molar-refractivity contribution in [2.24, 2.45) is 5.73 Å². The van der Waals surface area contributed by atoms with Crippen molar-refractivity contribution in [2.75, 3.05) is 13.1 Å². The summed E-state index contributed by atoms with van der Waals surface area (Å²) in [5.74, 6) is -0.0838. The third-order valence-corrected chi connectivity index (χ3v) is 4.52. The number of ether oxygens (including phenoxy) is 1. The van der Waals surface area contributed by atoms with Crippen molar-refractivity contribution in [3.05, 3.63) is 35.9 Å². The molecule has 0 aromatic heterocycles. The van der Waals surface area contributed by atoms with Gasteiger partial charge in [0, 0.05) is 19.1 Å². The Morgan fingerprint density at radius 1 is 1.28 bits per heavy atom. The molecular formula is C19H29N3O3. The largest absolute Gasteiger partial charge is 0.445 e. The van der Waals surface area contributed by atoms with Gasteiger partial charge in [0.15, 0.2) is 0 Å². The van der Waals surface area contributed by atoms with Crippen LogP contribution in [0.2, 0.25) is 0 Å². The SMILES string of the molecule is CC(C)N(C[C@H]1CCCN1C(=O)OCc1ccccc1)C(=O)[C@H](C)N. The van der Waals surface area contributed by atoms with Crippen LogP contribution < -0.4 is 5.73 Å². The van der Waals surface area contributed by atoms with Crippen molar-refractivity contribution < 1.29 is 14.3 Å². The molecule has 0 bridgehead atoms. The fourth-order valence-electron chi connectivity index (χ4n) is 3.11. The third kappa shape index (κ3) is 5.19. The van der Waals surface area contributed by atoms with Gasteiger partial charge in [-0.1, -0.05) is 30.3 Å². The summed E-state index contributed by atoms with van der Waals surface area (Å²) >= 11 is 0. The molecule has 0 saturated carbocycles. The van der Waals surface area contributed by atoms with Crippen molar-refractivity contribution in [3.63, 3.8) is 0 Å². The number of likely N-dealkylation sites (tertiary alicyclic amines) is 1. The highest BCUT2D eigenvalue weighted by atomic mass is 16.6. The summed E-state index contributed by atoms with van der Waals surface area (Å²) in [5.41, 5.74) is 6.72. The van der Waals surface area contributed by atoms with E-state index in [4.69, 9.17) is 10.5 Å². The zero-order chi connectivity index (χ0) is 18.4. The van der Waals surface area contributed by atoms with Crippen LogP contribution in [0.5, 0.6) is 0 Å². The minimum atomic E-state index is -0.540. The quantitative estimate of drug-likeness (QED) is 0.857. The summed E-state index contributed by atoms with van der Waals surface area (Å²) in [5, 5.41) is 0. The molecule has 25 heavy (non-hydrogen) atoms. The Kier molecular flexibility index (Phi) is 6.82. The summed E-state index contributed by atoms with van der Waals surface area (Å²) in [4.78, 5) is 28.3. The van der Waals surface area contributed by atoms with E-state index >= 15 is 0 Å². The minimum Gasteiger partial charge on any atom is -0.445 e. The summed E-state index contributed by atoms with van der Waals surface area (Å²) < 4.78 is 5.45. The smallest absolute Gasteiger partial charge is 0.410 e. The summed E-state index contributed by atoms with van der Waals surface area (Å²) in [7, 11) is 0. The summed E-state index contributed by atoms with van der Waals surface area (Å²) in [6.45, 7) is 7.05. The fourth-order valence-corrected chi connectivity index (χ4v) is 3.11. The molecule has 138 valence electrons. The Bertz CT molecular complexity index is 575. The van der Waals surface area contributed by atoms with Crippen LogP contribution in [-0.4, -0.2) is 53.0 Å². The Hall–Kier alpha value is -2.08. The molecule has 0 aliphatic carbocycles.